The summed E-state index contributed by atoms with van der Waals surface area (Å²) in [6, 6.07) is 0. The highest BCUT2D eigenvalue weighted by Gasteiger charge is 2.23. The van der Waals surface area contributed by atoms with E-state index in [0.29, 0.717) is 0 Å². The van der Waals surface area contributed by atoms with E-state index in [-0.39, 0.29) is 35.4 Å². The van der Waals surface area contributed by atoms with Crippen molar-refractivity contribution in [2.75, 3.05) is 6.54 Å². The van der Waals surface area contributed by atoms with Crippen molar-refractivity contribution < 1.29 is 22.5 Å². The summed E-state index contributed by atoms with van der Waals surface area (Å²) in [5, 5.41) is 3.58. The Bertz CT molecular complexity index is 528. The van der Waals surface area contributed by atoms with Gasteiger partial charge in [-0.15, -0.1) is 0 Å². The van der Waals surface area contributed by atoms with E-state index in [2.05, 4.69) is 9.88 Å². The number of sulfonamides is 1. The van der Waals surface area contributed by atoms with Gasteiger partial charge in [-0.3, -0.25) is 4.79 Å². The molecule has 0 aliphatic carbocycles. The topological polar surface area (TPSA) is 98.5 Å². The first kappa shape index (κ1) is 15.6. The number of hydrogen-bond acceptors (Lipinski definition) is 6. The van der Waals surface area contributed by atoms with E-state index in [0.717, 1.165) is 0 Å². The number of hydrogen-bond donors (Lipinski definition) is 1. The van der Waals surface area contributed by atoms with Crippen LogP contribution in [0.3, 0.4) is 0 Å². The van der Waals surface area contributed by atoms with Crippen LogP contribution < -0.4 is 4.72 Å². The van der Waals surface area contributed by atoms with Gasteiger partial charge >= 0.3 is 5.97 Å². The second-order valence-electron chi connectivity index (χ2n) is 4.34. The maximum absolute atomic E-state index is 12.0. The van der Waals surface area contributed by atoms with Crippen LogP contribution in [0.25, 0.3) is 0 Å². The van der Waals surface area contributed by atoms with Gasteiger partial charge in [-0.2, -0.15) is 0 Å². The van der Waals surface area contributed by atoms with Crippen LogP contribution in [0.15, 0.2) is 9.42 Å². The minimum Gasteiger partial charge on any atom is -0.463 e. The number of aromatic nitrogens is 1. The van der Waals surface area contributed by atoms with Crippen molar-refractivity contribution in [2.45, 2.75) is 45.1 Å². The van der Waals surface area contributed by atoms with Gasteiger partial charge in [0.25, 0.3) is 0 Å². The highest BCUT2D eigenvalue weighted by molar-refractivity contribution is 7.89. The standard InChI is InChI=1S/C11H18N2O5S/c1-7(2)17-10(14)5-6-12-19(15,16)11-8(3)13-18-9(11)4/h7,12H,5-6H2,1-4H3. The Labute approximate surface area is 112 Å². The second kappa shape index (κ2) is 6.16. The van der Waals surface area contributed by atoms with Gasteiger partial charge in [0, 0.05) is 6.54 Å². The first-order valence-corrected chi connectivity index (χ1v) is 7.34. The summed E-state index contributed by atoms with van der Waals surface area (Å²) < 4.78 is 36.0. The summed E-state index contributed by atoms with van der Waals surface area (Å²) in [6.45, 7) is 6.48. The molecule has 0 bridgehead atoms. The van der Waals surface area contributed by atoms with Crippen LogP contribution in [0, 0.1) is 13.8 Å². The number of nitrogens with zero attached hydrogens (tertiary/aromatic N) is 1. The van der Waals surface area contributed by atoms with Crippen molar-refractivity contribution in [3.63, 3.8) is 0 Å². The molecule has 0 saturated carbocycles. The van der Waals surface area contributed by atoms with Crippen molar-refractivity contribution in [2.24, 2.45) is 0 Å². The molecule has 108 valence electrons. The summed E-state index contributed by atoms with van der Waals surface area (Å²) in [5.41, 5.74) is 0.287. The number of esters is 1. The molecule has 1 N–H and O–H groups in total. The molecule has 1 heterocycles. The summed E-state index contributed by atoms with van der Waals surface area (Å²) in [7, 11) is -3.72. The maximum Gasteiger partial charge on any atom is 0.307 e. The molecule has 1 aromatic rings. The van der Waals surface area contributed by atoms with Gasteiger partial charge in [-0.25, -0.2) is 13.1 Å². The largest absolute Gasteiger partial charge is 0.463 e. The monoisotopic (exact) mass is 290 g/mol. The minimum absolute atomic E-state index is 0.0183. The quantitative estimate of drug-likeness (QED) is 0.782. The molecule has 0 radical (unpaired) electrons. The summed E-state index contributed by atoms with van der Waals surface area (Å²) >= 11 is 0. The van der Waals surface area contributed by atoms with Crippen LogP contribution in [0.5, 0.6) is 0 Å². The van der Waals surface area contributed by atoms with Crippen LogP contribution >= 0.6 is 0 Å². The third-order valence-electron chi connectivity index (χ3n) is 2.22. The van der Waals surface area contributed by atoms with E-state index in [9.17, 15) is 13.2 Å². The predicted octanol–water partition coefficient (Wildman–Crippen LogP) is 0.911. The number of ether oxygens (including phenoxy) is 1. The number of nitrogens with one attached hydrogen (secondary N) is 1. The lowest BCUT2D eigenvalue weighted by atomic mass is 10.4. The first-order valence-electron chi connectivity index (χ1n) is 5.86. The fourth-order valence-corrected chi connectivity index (χ4v) is 2.90. The van der Waals surface area contributed by atoms with Crippen molar-refractivity contribution in [3.05, 3.63) is 11.5 Å². The highest BCUT2D eigenvalue weighted by atomic mass is 32.2. The Hall–Kier alpha value is -1.41. The van der Waals surface area contributed by atoms with Gasteiger partial charge in [0.05, 0.1) is 12.5 Å². The molecule has 0 aromatic carbocycles. The normalized spacial score (nSPS) is 11.8. The molecule has 8 heteroatoms. The van der Waals surface area contributed by atoms with E-state index in [1.54, 1.807) is 13.8 Å². The molecule has 0 atom stereocenters. The molecule has 7 nitrogen and oxygen atoms in total. The van der Waals surface area contributed by atoms with Crippen molar-refractivity contribution in [3.8, 4) is 0 Å². The van der Waals surface area contributed by atoms with Gasteiger partial charge in [0.15, 0.2) is 5.76 Å². The van der Waals surface area contributed by atoms with E-state index in [4.69, 9.17) is 9.26 Å². The molecule has 0 amide bonds. The molecule has 0 aliphatic rings. The molecule has 1 aromatic heterocycles. The van der Waals surface area contributed by atoms with Gasteiger partial charge in [0.1, 0.15) is 10.6 Å². The maximum atomic E-state index is 12.0. The molecule has 19 heavy (non-hydrogen) atoms. The van der Waals surface area contributed by atoms with Crippen molar-refractivity contribution >= 4 is 16.0 Å². The molecule has 0 aliphatic heterocycles. The Balaban J connectivity index is 2.60. The molecular weight excluding hydrogens is 272 g/mol. The molecule has 0 unspecified atom stereocenters. The average Bonchev–Trinajstić information content (AvgIpc) is 2.57. The number of aryl methyl sites for hydroxylation is 2. The lowest BCUT2D eigenvalue weighted by Gasteiger charge is -2.08. The van der Waals surface area contributed by atoms with Gasteiger partial charge in [-0.05, 0) is 27.7 Å². The van der Waals surface area contributed by atoms with Crippen LogP contribution in [-0.2, 0) is 19.6 Å². The van der Waals surface area contributed by atoms with Crippen LogP contribution in [0.2, 0.25) is 0 Å². The third-order valence-corrected chi connectivity index (χ3v) is 3.93. The van der Waals surface area contributed by atoms with E-state index >= 15 is 0 Å². The SMILES string of the molecule is Cc1noc(C)c1S(=O)(=O)NCCC(=O)OC(C)C. The Kier molecular flexibility index (Phi) is 5.07. The Morgan fingerprint density at radius 1 is 1.42 bits per heavy atom. The van der Waals surface area contributed by atoms with Gasteiger partial charge < -0.3 is 9.26 Å². The molecule has 0 spiro atoms. The average molecular weight is 290 g/mol. The van der Waals surface area contributed by atoms with Gasteiger partial charge in [0.2, 0.25) is 10.0 Å². The number of carbonyl (C=O) groups excluding carboxylic acids is 1. The van der Waals surface area contributed by atoms with Gasteiger partial charge in [-0.1, -0.05) is 5.16 Å². The van der Waals surface area contributed by atoms with Crippen LogP contribution in [0.4, 0.5) is 0 Å². The van der Waals surface area contributed by atoms with E-state index in [1.807, 2.05) is 0 Å². The molecule has 0 saturated heterocycles. The zero-order valence-corrected chi connectivity index (χ0v) is 12.2. The summed E-state index contributed by atoms with van der Waals surface area (Å²) in [6.07, 6.45) is -0.243. The second-order valence-corrected chi connectivity index (χ2v) is 6.04. The summed E-state index contributed by atoms with van der Waals surface area (Å²) in [5.74, 6) is -0.230. The lowest BCUT2D eigenvalue weighted by molar-refractivity contribution is -0.147. The summed E-state index contributed by atoms with van der Waals surface area (Å²) in [4.78, 5) is 11.3. The minimum atomic E-state index is -3.72. The van der Waals surface area contributed by atoms with Crippen molar-refractivity contribution in [1.82, 2.24) is 9.88 Å². The third kappa shape index (κ3) is 4.32. The number of carbonyl (C=O) groups is 1. The van der Waals surface area contributed by atoms with Crippen LogP contribution in [0.1, 0.15) is 31.7 Å². The fraction of sp³-hybridized carbons (Fsp3) is 0.636. The fourth-order valence-electron chi connectivity index (χ4n) is 1.54. The lowest BCUT2D eigenvalue weighted by Crippen LogP contribution is -2.28. The zero-order chi connectivity index (χ0) is 14.6. The van der Waals surface area contributed by atoms with E-state index < -0.39 is 16.0 Å². The first-order chi connectivity index (χ1) is 8.74. The molecule has 1 rings (SSSR count). The smallest absolute Gasteiger partial charge is 0.307 e. The molecular formula is C11H18N2O5S. The van der Waals surface area contributed by atoms with Crippen molar-refractivity contribution in [1.29, 1.82) is 0 Å². The van der Waals surface area contributed by atoms with E-state index in [1.165, 1.54) is 13.8 Å². The predicted molar refractivity (Wildman–Crippen MR) is 67.0 cm³/mol. The Morgan fingerprint density at radius 3 is 2.53 bits per heavy atom. The Morgan fingerprint density at radius 2 is 2.05 bits per heavy atom. The van der Waals surface area contributed by atoms with Crippen LogP contribution in [-0.4, -0.2) is 32.2 Å². The highest BCUT2D eigenvalue weighted by Crippen LogP contribution is 2.18. The molecule has 0 fully saturated rings. The number of rotatable bonds is 6. The zero-order valence-electron chi connectivity index (χ0n) is 11.4.